The van der Waals surface area contributed by atoms with E-state index < -0.39 is 10.0 Å². The van der Waals surface area contributed by atoms with Crippen LogP contribution in [-0.2, 0) is 10.0 Å². The van der Waals surface area contributed by atoms with Gasteiger partial charge in [0.15, 0.2) is 0 Å². The third kappa shape index (κ3) is 2.27. The molecule has 8 heteroatoms. The summed E-state index contributed by atoms with van der Waals surface area (Å²) in [5, 5.41) is 0. The number of fused-ring (bicyclic) bond motifs is 2. The Morgan fingerprint density at radius 1 is 1.20 bits per heavy atom. The van der Waals surface area contributed by atoms with Gasteiger partial charge in [0, 0.05) is 25.2 Å². The van der Waals surface area contributed by atoms with Gasteiger partial charge < -0.3 is 5.73 Å². The average molecular weight is 297 g/mol. The zero-order valence-electron chi connectivity index (χ0n) is 11.4. The van der Waals surface area contributed by atoms with Gasteiger partial charge >= 0.3 is 0 Å². The van der Waals surface area contributed by atoms with Crippen molar-refractivity contribution < 1.29 is 8.42 Å². The summed E-state index contributed by atoms with van der Waals surface area (Å²) < 4.78 is 26.8. The molecular formula is C12H19N5O2S. The molecular weight excluding hydrogens is 278 g/mol. The van der Waals surface area contributed by atoms with E-state index >= 15 is 0 Å². The summed E-state index contributed by atoms with van der Waals surface area (Å²) in [4.78, 5) is 9.99. The number of nitrogen functional groups attached to an aromatic ring is 1. The summed E-state index contributed by atoms with van der Waals surface area (Å²) in [6, 6.07) is 0.815. The lowest BCUT2D eigenvalue weighted by Gasteiger charge is -2.25. The molecule has 1 aromatic rings. The first-order valence-corrected chi connectivity index (χ1v) is 8.22. The fraction of sp³-hybridized carbons (Fsp3) is 0.667. The van der Waals surface area contributed by atoms with Gasteiger partial charge in [0.05, 0.1) is 12.4 Å². The van der Waals surface area contributed by atoms with Crippen molar-refractivity contribution in [3.05, 3.63) is 12.4 Å². The summed E-state index contributed by atoms with van der Waals surface area (Å²) in [6.45, 7) is 1.10. The molecule has 2 unspecified atom stereocenters. The Hall–Kier alpha value is -1.25. The summed E-state index contributed by atoms with van der Waals surface area (Å²) in [5.74, 6) is 0.0820. The Balaban J connectivity index is 1.86. The second-order valence-corrected chi connectivity index (χ2v) is 7.42. The number of hydrogen-bond donors (Lipinski definition) is 1. The maximum Gasteiger partial charge on any atom is 0.246 e. The van der Waals surface area contributed by atoms with Gasteiger partial charge in [0.2, 0.25) is 16.0 Å². The van der Waals surface area contributed by atoms with E-state index in [1.807, 2.05) is 0 Å². The maximum absolute atomic E-state index is 12.6. The second kappa shape index (κ2) is 4.94. The molecule has 2 saturated heterocycles. The Labute approximate surface area is 118 Å². The van der Waals surface area contributed by atoms with Gasteiger partial charge in [0.25, 0.3) is 0 Å². The van der Waals surface area contributed by atoms with Crippen molar-refractivity contribution in [1.82, 2.24) is 19.2 Å². The van der Waals surface area contributed by atoms with Crippen LogP contribution in [-0.4, -0.2) is 59.8 Å². The molecule has 2 aliphatic rings. The Morgan fingerprint density at radius 3 is 2.55 bits per heavy atom. The van der Waals surface area contributed by atoms with E-state index in [0.29, 0.717) is 25.2 Å². The standard InChI is InChI=1S/C12H19N5O2S/c1-16-9-2-3-10(16)8-17(5-4-9)20(18,19)11-6-14-12(13)15-7-11/h6-7,9-10H,2-5,8H2,1H3,(H2,13,14,15). The fourth-order valence-electron chi connectivity index (χ4n) is 3.10. The van der Waals surface area contributed by atoms with Crippen molar-refractivity contribution in [1.29, 1.82) is 0 Å². The first kappa shape index (κ1) is 13.7. The number of likely N-dealkylation sites (N-methyl/N-ethyl adjacent to an activating group) is 1. The molecule has 110 valence electrons. The molecule has 0 saturated carbocycles. The number of nitrogens with two attached hydrogens (primary N) is 1. The smallest absolute Gasteiger partial charge is 0.246 e. The Bertz CT molecular complexity index is 588. The molecule has 3 heterocycles. The highest BCUT2D eigenvalue weighted by Gasteiger charge is 2.38. The number of nitrogens with zero attached hydrogens (tertiary/aromatic N) is 4. The number of sulfonamides is 1. The van der Waals surface area contributed by atoms with E-state index in [0.717, 1.165) is 12.8 Å². The maximum atomic E-state index is 12.6. The molecule has 0 spiro atoms. The molecule has 0 aromatic carbocycles. The van der Waals surface area contributed by atoms with Crippen LogP contribution >= 0.6 is 0 Å². The van der Waals surface area contributed by atoms with E-state index in [9.17, 15) is 8.42 Å². The largest absolute Gasteiger partial charge is 0.368 e. The van der Waals surface area contributed by atoms with Crippen LogP contribution in [0.5, 0.6) is 0 Å². The van der Waals surface area contributed by atoms with Crippen LogP contribution in [0.15, 0.2) is 17.3 Å². The lowest BCUT2D eigenvalue weighted by Crippen LogP contribution is -2.39. The van der Waals surface area contributed by atoms with Gasteiger partial charge in [-0.25, -0.2) is 18.4 Å². The lowest BCUT2D eigenvalue weighted by atomic mass is 10.1. The lowest BCUT2D eigenvalue weighted by molar-refractivity contribution is 0.246. The first-order chi connectivity index (χ1) is 9.48. The topological polar surface area (TPSA) is 92.4 Å². The summed E-state index contributed by atoms with van der Waals surface area (Å²) in [5.41, 5.74) is 5.40. The second-order valence-electron chi connectivity index (χ2n) is 5.48. The third-order valence-electron chi connectivity index (χ3n) is 4.40. The van der Waals surface area contributed by atoms with Crippen LogP contribution in [0.2, 0.25) is 0 Å². The molecule has 3 rings (SSSR count). The average Bonchev–Trinajstić information content (AvgIpc) is 2.63. The SMILES string of the molecule is CN1C2CCC1CN(S(=O)(=O)c1cnc(N)nc1)CC2. The van der Waals surface area contributed by atoms with Gasteiger partial charge in [-0.05, 0) is 26.3 Å². The molecule has 2 fully saturated rings. The number of aromatic nitrogens is 2. The monoisotopic (exact) mass is 297 g/mol. The van der Waals surface area contributed by atoms with Gasteiger partial charge in [-0.2, -0.15) is 4.31 Å². The van der Waals surface area contributed by atoms with Crippen LogP contribution in [0, 0.1) is 0 Å². The van der Waals surface area contributed by atoms with E-state index in [4.69, 9.17) is 5.73 Å². The van der Waals surface area contributed by atoms with Crippen LogP contribution in [0.1, 0.15) is 19.3 Å². The molecule has 0 amide bonds. The highest BCUT2D eigenvalue weighted by atomic mass is 32.2. The summed E-state index contributed by atoms with van der Waals surface area (Å²) in [7, 11) is -1.43. The van der Waals surface area contributed by atoms with E-state index in [2.05, 4.69) is 21.9 Å². The minimum atomic E-state index is -3.52. The zero-order chi connectivity index (χ0) is 14.3. The summed E-state index contributed by atoms with van der Waals surface area (Å²) in [6.07, 6.45) is 5.67. The molecule has 20 heavy (non-hydrogen) atoms. The van der Waals surface area contributed by atoms with Crippen LogP contribution in [0.25, 0.3) is 0 Å². The number of hydrogen-bond acceptors (Lipinski definition) is 6. The number of anilines is 1. The predicted octanol–water partition coefficient (Wildman–Crippen LogP) is -0.0840. The van der Waals surface area contributed by atoms with E-state index in [1.165, 1.54) is 18.8 Å². The van der Waals surface area contributed by atoms with Crippen LogP contribution in [0.4, 0.5) is 5.95 Å². The Kier molecular flexibility index (Phi) is 3.39. The van der Waals surface area contributed by atoms with Crippen molar-refractivity contribution in [2.24, 2.45) is 0 Å². The van der Waals surface area contributed by atoms with Crippen LogP contribution in [0.3, 0.4) is 0 Å². The van der Waals surface area contributed by atoms with E-state index in [1.54, 1.807) is 4.31 Å². The van der Waals surface area contributed by atoms with Gasteiger partial charge in [0.1, 0.15) is 4.90 Å². The molecule has 7 nitrogen and oxygen atoms in total. The highest BCUT2D eigenvalue weighted by molar-refractivity contribution is 7.89. The molecule has 0 aliphatic carbocycles. The predicted molar refractivity (Wildman–Crippen MR) is 74.4 cm³/mol. The molecule has 1 aromatic heterocycles. The molecule has 2 bridgehead atoms. The van der Waals surface area contributed by atoms with Crippen molar-refractivity contribution in [3.63, 3.8) is 0 Å². The van der Waals surface area contributed by atoms with E-state index in [-0.39, 0.29) is 10.8 Å². The van der Waals surface area contributed by atoms with Crippen molar-refractivity contribution in [2.45, 2.75) is 36.2 Å². The van der Waals surface area contributed by atoms with Gasteiger partial charge in [-0.3, -0.25) is 4.90 Å². The zero-order valence-corrected chi connectivity index (χ0v) is 12.3. The first-order valence-electron chi connectivity index (χ1n) is 6.78. The third-order valence-corrected chi connectivity index (χ3v) is 6.22. The molecule has 2 atom stereocenters. The van der Waals surface area contributed by atoms with Crippen LogP contribution < -0.4 is 5.73 Å². The minimum absolute atomic E-state index is 0.0820. The molecule has 2 aliphatic heterocycles. The highest BCUT2D eigenvalue weighted by Crippen LogP contribution is 2.30. The minimum Gasteiger partial charge on any atom is -0.368 e. The number of rotatable bonds is 2. The normalized spacial score (nSPS) is 28.4. The van der Waals surface area contributed by atoms with Crippen molar-refractivity contribution in [3.8, 4) is 0 Å². The molecule has 0 radical (unpaired) electrons. The fourth-order valence-corrected chi connectivity index (χ4v) is 4.49. The molecule has 2 N–H and O–H groups in total. The summed E-state index contributed by atoms with van der Waals surface area (Å²) >= 11 is 0. The Morgan fingerprint density at radius 2 is 1.85 bits per heavy atom. The van der Waals surface area contributed by atoms with Gasteiger partial charge in [-0.1, -0.05) is 0 Å². The van der Waals surface area contributed by atoms with Crippen molar-refractivity contribution >= 4 is 16.0 Å². The quantitative estimate of drug-likeness (QED) is 0.820. The van der Waals surface area contributed by atoms with Crippen molar-refractivity contribution in [2.75, 3.05) is 25.9 Å². The van der Waals surface area contributed by atoms with Gasteiger partial charge in [-0.15, -0.1) is 0 Å².